The highest BCUT2D eigenvalue weighted by Gasteiger charge is 2.35. The lowest BCUT2D eigenvalue weighted by Gasteiger charge is -2.15. The van der Waals surface area contributed by atoms with Gasteiger partial charge >= 0.3 is 14.8 Å². The fourth-order valence-corrected chi connectivity index (χ4v) is 3.90. The van der Waals surface area contributed by atoms with Gasteiger partial charge in [0.25, 0.3) is 0 Å². The van der Waals surface area contributed by atoms with Gasteiger partial charge in [-0.2, -0.15) is 13.2 Å². The van der Waals surface area contributed by atoms with Crippen molar-refractivity contribution in [1.29, 1.82) is 0 Å². The van der Waals surface area contributed by atoms with E-state index in [0.717, 1.165) is 17.4 Å². The van der Waals surface area contributed by atoms with Gasteiger partial charge in [-0.1, -0.05) is 17.4 Å². The standard InChI is InChI=1S/C21H21F4N2O5PS/c22-15-4-3-5-16(13-15)30-9-1-2-10-31-18-7-6-14(12-17(18)21(23,24)25)20-27-26-19(34-20)8-11-32-33(28)29/h3-7,12-13,28-29H,1-2,8-11H2. The number of nitrogens with zero attached hydrogens (tertiary/aromatic N) is 2. The summed E-state index contributed by atoms with van der Waals surface area (Å²) in [4.78, 5) is 17.5. The number of rotatable bonds is 12. The highest BCUT2D eigenvalue weighted by Crippen LogP contribution is 2.39. The first kappa shape index (κ1) is 26.2. The van der Waals surface area contributed by atoms with Crippen LogP contribution in [0, 0.1) is 5.82 Å². The first-order valence-electron chi connectivity index (χ1n) is 10.1. The molecule has 0 saturated heterocycles. The van der Waals surface area contributed by atoms with Gasteiger partial charge in [0, 0.05) is 18.1 Å². The molecule has 0 fully saturated rings. The van der Waals surface area contributed by atoms with Gasteiger partial charge in [-0.25, -0.2) is 4.39 Å². The summed E-state index contributed by atoms with van der Waals surface area (Å²) in [6.07, 6.45) is -3.43. The van der Waals surface area contributed by atoms with Gasteiger partial charge in [0.2, 0.25) is 0 Å². The molecule has 2 N–H and O–H groups in total. The Morgan fingerprint density at radius 3 is 2.41 bits per heavy atom. The minimum Gasteiger partial charge on any atom is -0.493 e. The number of aromatic nitrogens is 2. The highest BCUT2D eigenvalue weighted by atomic mass is 32.1. The van der Waals surface area contributed by atoms with Crippen molar-refractivity contribution in [3.05, 3.63) is 58.9 Å². The molecule has 1 heterocycles. The molecule has 0 aliphatic rings. The normalized spacial score (nSPS) is 11.7. The Bertz CT molecular complexity index is 1070. The summed E-state index contributed by atoms with van der Waals surface area (Å²) < 4.78 is 69.4. The minimum absolute atomic E-state index is 0.00118. The number of alkyl halides is 3. The number of hydrogen-bond donors (Lipinski definition) is 2. The van der Waals surface area contributed by atoms with Crippen LogP contribution >= 0.6 is 19.9 Å². The van der Waals surface area contributed by atoms with Gasteiger partial charge in [0.15, 0.2) is 0 Å². The van der Waals surface area contributed by atoms with Crippen molar-refractivity contribution in [1.82, 2.24) is 10.2 Å². The summed E-state index contributed by atoms with van der Waals surface area (Å²) >= 11 is 1.08. The zero-order valence-electron chi connectivity index (χ0n) is 17.7. The minimum atomic E-state index is -4.63. The van der Waals surface area contributed by atoms with Gasteiger partial charge in [-0.15, -0.1) is 10.2 Å². The molecule has 7 nitrogen and oxygen atoms in total. The van der Waals surface area contributed by atoms with E-state index in [1.54, 1.807) is 6.07 Å². The second kappa shape index (κ2) is 12.4. The maximum Gasteiger partial charge on any atom is 0.419 e. The van der Waals surface area contributed by atoms with E-state index in [1.165, 1.54) is 30.3 Å². The lowest BCUT2D eigenvalue weighted by Crippen LogP contribution is -2.10. The van der Waals surface area contributed by atoms with Gasteiger partial charge in [-0.05, 0) is 43.2 Å². The van der Waals surface area contributed by atoms with Crippen LogP contribution in [-0.4, -0.2) is 39.8 Å². The molecule has 13 heteroatoms. The summed E-state index contributed by atoms with van der Waals surface area (Å²) in [5.74, 6) is -0.320. The zero-order chi connectivity index (χ0) is 24.6. The van der Waals surface area contributed by atoms with Crippen molar-refractivity contribution in [2.24, 2.45) is 0 Å². The van der Waals surface area contributed by atoms with Crippen molar-refractivity contribution < 1.29 is 41.3 Å². The van der Waals surface area contributed by atoms with Crippen LogP contribution in [0.1, 0.15) is 23.4 Å². The van der Waals surface area contributed by atoms with Crippen LogP contribution in [0.2, 0.25) is 0 Å². The van der Waals surface area contributed by atoms with E-state index in [2.05, 4.69) is 14.7 Å². The molecule has 1 aromatic heterocycles. The summed E-state index contributed by atoms with van der Waals surface area (Å²) in [5, 5.41) is 8.58. The number of unbranched alkanes of at least 4 members (excludes halogenated alkanes) is 1. The second-order valence-corrected chi connectivity index (χ2v) is 8.73. The summed E-state index contributed by atoms with van der Waals surface area (Å²) in [7, 11) is -2.48. The molecule has 0 amide bonds. The number of ether oxygens (including phenoxy) is 2. The Kier molecular flexibility index (Phi) is 9.54. The van der Waals surface area contributed by atoms with Crippen molar-refractivity contribution in [2.45, 2.75) is 25.4 Å². The fraction of sp³-hybridized carbons (Fsp3) is 0.333. The van der Waals surface area contributed by atoms with Crippen LogP contribution in [0.3, 0.4) is 0 Å². The molecular formula is C21H21F4N2O5PS. The first-order valence-corrected chi connectivity index (χ1v) is 12.1. The molecule has 2 aromatic carbocycles. The SMILES string of the molecule is OP(O)OCCc1nnc(-c2ccc(OCCCCOc3cccc(F)c3)c(C(F)(F)F)c2)s1. The van der Waals surface area contributed by atoms with E-state index in [1.807, 2.05) is 0 Å². The third-order valence-electron chi connectivity index (χ3n) is 4.38. The van der Waals surface area contributed by atoms with Gasteiger partial charge in [0.05, 0.1) is 25.4 Å². The molecule has 0 unspecified atom stereocenters. The lowest BCUT2D eigenvalue weighted by molar-refractivity contribution is -0.138. The Balaban J connectivity index is 1.55. The summed E-state index contributed by atoms with van der Waals surface area (Å²) in [6, 6.07) is 9.37. The van der Waals surface area contributed by atoms with Crippen LogP contribution in [0.5, 0.6) is 11.5 Å². The van der Waals surface area contributed by atoms with Gasteiger partial charge < -0.3 is 23.8 Å². The van der Waals surface area contributed by atoms with E-state index < -0.39 is 26.2 Å². The van der Waals surface area contributed by atoms with Crippen molar-refractivity contribution in [2.75, 3.05) is 19.8 Å². The summed E-state index contributed by atoms with van der Waals surface area (Å²) in [5.41, 5.74) is -0.688. The molecular weight excluding hydrogens is 499 g/mol. The van der Waals surface area contributed by atoms with Crippen LogP contribution < -0.4 is 9.47 Å². The number of benzene rings is 2. The molecule has 34 heavy (non-hydrogen) atoms. The molecule has 0 aliphatic carbocycles. The van der Waals surface area contributed by atoms with Crippen molar-refractivity contribution >= 4 is 19.9 Å². The monoisotopic (exact) mass is 520 g/mol. The van der Waals surface area contributed by atoms with E-state index in [0.29, 0.717) is 23.6 Å². The third kappa shape index (κ3) is 8.14. The maximum absolute atomic E-state index is 13.6. The van der Waals surface area contributed by atoms with Crippen LogP contribution in [0.4, 0.5) is 17.6 Å². The molecule has 0 radical (unpaired) electrons. The molecule has 3 rings (SSSR count). The Hall–Kier alpha value is -2.37. The molecule has 0 aliphatic heterocycles. The van der Waals surface area contributed by atoms with E-state index in [9.17, 15) is 17.6 Å². The Morgan fingerprint density at radius 2 is 1.71 bits per heavy atom. The molecule has 184 valence electrons. The predicted molar refractivity (Wildman–Crippen MR) is 118 cm³/mol. The Morgan fingerprint density at radius 1 is 0.941 bits per heavy atom. The fourth-order valence-electron chi connectivity index (χ4n) is 2.83. The predicted octanol–water partition coefficient (Wildman–Crippen LogP) is 5.37. The smallest absolute Gasteiger partial charge is 0.419 e. The maximum atomic E-state index is 13.6. The first-order chi connectivity index (χ1) is 16.2. The molecule has 0 atom stereocenters. The largest absolute Gasteiger partial charge is 0.493 e. The zero-order valence-corrected chi connectivity index (χ0v) is 19.4. The highest BCUT2D eigenvalue weighted by molar-refractivity contribution is 7.39. The third-order valence-corrected chi connectivity index (χ3v) is 5.83. The number of hydrogen-bond acceptors (Lipinski definition) is 8. The topological polar surface area (TPSA) is 93.9 Å². The molecule has 0 bridgehead atoms. The quantitative estimate of drug-likeness (QED) is 0.188. The van der Waals surface area contributed by atoms with E-state index in [4.69, 9.17) is 19.3 Å². The van der Waals surface area contributed by atoms with Crippen molar-refractivity contribution in [3.8, 4) is 22.1 Å². The van der Waals surface area contributed by atoms with Crippen molar-refractivity contribution in [3.63, 3.8) is 0 Å². The van der Waals surface area contributed by atoms with Crippen LogP contribution in [0.15, 0.2) is 42.5 Å². The van der Waals surface area contributed by atoms with Gasteiger partial charge in [0.1, 0.15) is 27.3 Å². The van der Waals surface area contributed by atoms with E-state index >= 15 is 0 Å². The Labute approximate surface area is 197 Å². The lowest BCUT2D eigenvalue weighted by atomic mass is 10.1. The molecule has 3 aromatic rings. The second-order valence-electron chi connectivity index (χ2n) is 6.91. The average molecular weight is 520 g/mol. The van der Waals surface area contributed by atoms with E-state index in [-0.39, 0.29) is 42.6 Å². The number of halogens is 4. The van der Waals surface area contributed by atoms with Gasteiger partial charge in [-0.3, -0.25) is 0 Å². The average Bonchev–Trinajstić information content (AvgIpc) is 3.24. The van der Waals surface area contributed by atoms with Crippen LogP contribution in [-0.2, 0) is 17.1 Å². The van der Waals surface area contributed by atoms with Crippen LogP contribution in [0.25, 0.3) is 10.6 Å². The molecule has 0 spiro atoms. The summed E-state index contributed by atoms with van der Waals surface area (Å²) in [6.45, 7) is 0.331. The molecule has 0 saturated carbocycles.